The predicted octanol–water partition coefficient (Wildman–Crippen LogP) is 2.93. The first-order valence-corrected chi connectivity index (χ1v) is 8.09. The van der Waals surface area contributed by atoms with Crippen molar-refractivity contribution in [2.75, 3.05) is 26.7 Å². The number of piperidine rings is 1. The molecule has 1 N–H and O–H groups in total. The Bertz CT molecular complexity index is 555. The maximum absolute atomic E-state index is 13.0. The third-order valence-corrected chi connectivity index (χ3v) is 4.26. The fourth-order valence-corrected chi connectivity index (χ4v) is 2.95. The first-order valence-electron chi connectivity index (χ1n) is 8.09. The second kappa shape index (κ2) is 7.88. The van der Waals surface area contributed by atoms with E-state index < -0.39 is 17.8 Å². The molecule has 1 heterocycles. The van der Waals surface area contributed by atoms with E-state index in [0.29, 0.717) is 19.0 Å². The van der Waals surface area contributed by atoms with Crippen molar-refractivity contribution in [3.05, 3.63) is 29.8 Å². The first-order chi connectivity index (χ1) is 11.3. The number of halogens is 3. The molecular weight excluding hydrogens is 321 g/mol. The molecule has 0 bridgehead atoms. The summed E-state index contributed by atoms with van der Waals surface area (Å²) in [5.41, 5.74) is -0.864. The second-order valence-corrected chi connectivity index (χ2v) is 6.08. The van der Waals surface area contributed by atoms with E-state index in [-0.39, 0.29) is 11.7 Å². The predicted molar refractivity (Wildman–Crippen MR) is 84.8 cm³/mol. The van der Waals surface area contributed by atoms with Crippen LogP contribution in [0.25, 0.3) is 0 Å². The number of hydrogen-bond acceptors (Lipinski definition) is 3. The average Bonchev–Trinajstić information content (AvgIpc) is 2.54. The Morgan fingerprint density at radius 1 is 1.33 bits per heavy atom. The maximum Gasteiger partial charge on any atom is 0.419 e. The molecule has 1 aromatic carbocycles. The summed E-state index contributed by atoms with van der Waals surface area (Å²) in [6, 6.07) is 4.96. The van der Waals surface area contributed by atoms with Gasteiger partial charge in [0.2, 0.25) is 0 Å². The van der Waals surface area contributed by atoms with E-state index in [1.807, 2.05) is 7.05 Å². The lowest BCUT2D eigenvalue weighted by Gasteiger charge is -2.33. The molecule has 4 nitrogen and oxygen atoms in total. The number of rotatable bonds is 5. The number of likely N-dealkylation sites (tertiary alicyclic amines) is 1. The van der Waals surface area contributed by atoms with Crippen LogP contribution < -0.4 is 10.1 Å². The summed E-state index contributed by atoms with van der Waals surface area (Å²) in [7, 11) is 1.89. The average molecular weight is 344 g/mol. The zero-order chi connectivity index (χ0) is 17.7. The number of amides is 1. The summed E-state index contributed by atoms with van der Waals surface area (Å²) in [5, 5.41) is 3.12. The fraction of sp³-hybridized carbons (Fsp3) is 0.588. The number of alkyl halides is 3. The Morgan fingerprint density at radius 2 is 1.96 bits per heavy atom. The van der Waals surface area contributed by atoms with Gasteiger partial charge in [-0.2, -0.15) is 13.2 Å². The van der Waals surface area contributed by atoms with Crippen molar-refractivity contribution in [2.45, 2.75) is 32.0 Å². The molecule has 0 spiro atoms. The van der Waals surface area contributed by atoms with Gasteiger partial charge in [-0.1, -0.05) is 12.1 Å². The van der Waals surface area contributed by atoms with Crippen molar-refractivity contribution in [2.24, 2.45) is 5.92 Å². The van der Waals surface area contributed by atoms with Crippen LogP contribution in [0.4, 0.5) is 13.2 Å². The molecule has 2 rings (SSSR count). The van der Waals surface area contributed by atoms with Crippen molar-refractivity contribution in [3.8, 4) is 5.75 Å². The van der Waals surface area contributed by atoms with E-state index in [4.69, 9.17) is 4.74 Å². The van der Waals surface area contributed by atoms with E-state index in [1.165, 1.54) is 25.1 Å². The Labute approximate surface area is 140 Å². The summed E-state index contributed by atoms with van der Waals surface area (Å²) >= 11 is 0. The molecule has 0 saturated carbocycles. The first kappa shape index (κ1) is 18.6. The molecule has 1 atom stereocenters. The minimum atomic E-state index is -4.51. The molecule has 1 unspecified atom stereocenters. The number of para-hydroxylation sites is 1. The maximum atomic E-state index is 13.0. The SMILES string of the molecule is CNCC1CCN(C(=O)C(C)Oc2ccccc2C(F)(F)F)CC1. The molecule has 1 amide bonds. The Morgan fingerprint density at radius 3 is 2.54 bits per heavy atom. The lowest BCUT2D eigenvalue weighted by Crippen LogP contribution is -2.45. The molecule has 1 aromatic rings. The topological polar surface area (TPSA) is 41.6 Å². The van der Waals surface area contributed by atoms with Crippen LogP contribution in [0.15, 0.2) is 24.3 Å². The summed E-state index contributed by atoms with van der Waals surface area (Å²) in [5.74, 6) is -0.0490. The lowest BCUT2D eigenvalue weighted by molar-refractivity contribution is -0.144. The van der Waals surface area contributed by atoms with Crippen LogP contribution >= 0.6 is 0 Å². The number of nitrogens with one attached hydrogen (secondary N) is 1. The number of nitrogens with zero attached hydrogens (tertiary/aromatic N) is 1. The van der Waals surface area contributed by atoms with Gasteiger partial charge in [0, 0.05) is 13.1 Å². The third-order valence-electron chi connectivity index (χ3n) is 4.26. The zero-order valence-electron chi connectivity index (χ0n) is 13.9. The van der Waals surface area contributed by atoms with E-state index in [2.05, 4.69) is 5.32 Å². The molecule has 0 aromatic heterocycles. The van der Waals surface area contributed by atoms with Crippen LogP contribution in [0.5, 0.6) is 5.75 Å². The van der Waals surface area contributed by atoms with Crippen molar-refractivity contribution < 1.29 is 22.7 Å². The quantitative estimate of drug-likeness (QED) is 0.893. The van der Waals surface area contributed by atoms with Crippen LogP contribution in [0.2, 0.25) is 0 Å². The molecule has 1 aliphatic heterocycles. The van der Waals surface area contributed by atoms with Crippen molar-refractivity contribution >= 4 is 5.91 Å². The van der Waals surface area contributed by atoms with Crippen molar-refractivity contribution in [3.63, 3.8) is 0 Å². The molecule has 134 valence electrons. The van der Waals surface area contributed by atoms with Gasteiger partial charge in [0.05, 0.1) is 5.56 Å². The normalized spacial score (nSPS) is 17.6. The van der Waals surface area contributed by atoms with Crippen molar-refractivity contribution in [1.29, 1.82) is 0 Å². The lowest BCUT2D eigenvalue weighted by atomic mass is 9.96. The number of ether oxygens (including phenoxy) is 1. The summed E-state index contributed by atoms with van der Waals surface area (Å²) in [4.78, 5) is 14.1. The number of carbonyl (C=O) groups is 1. The van der Waals surface area contributed by atoms with Gasteiger partial charge in [-0.25, -0.2) is 0 Å². The molecule has 1 fully saturated rings. The van der Waals surface area contributed by atoms with Crippen LogP contribution in [0, 0.1) is 5.92 Å². The molecule has 1 aliphatic rings. The van der Waals surface area contributed by atoms with Gasteiger partial charge < -0.3 is 15.0 Å². The van der Waals surface area contributed by atoms with E-state index in [0.717, 1.165) is 25.5 Å². The Kier molecular flexibility index (Phi) is 6.10. The highest BCUT2D eigenvalue weighted by molar-refractivity contribution is 5.81. The Hall–Kier alpha value is -1.76. The summed E-state index contributed by atoms with van der Waals surface area (Å²) in [6.45, 7) is 3.63. The minimum absolute atomic E-state index is 0.269. The van der Waals surface area contributed by atoms with Gasteiger partial charge in [-0.3, -0.25) is 4.79 Å². The second-order valence-electron chi connectivity index (χ2n) is 6.08. The number of carbonyl (C=O) groups excluding carboxylic acids is 1. The molecule has 24 heavy (non-hydrogen) atoms. The van der Waals surface area contributed by atoms with E-state index in [1.54, 1.807) is 4.90 Å². The fourth-order valence-electron chi connectivity index (χ4n) is 2.95. The van der Waals surface area contributed by atoms with Crippen LogP contribution in [0.3, 0.4) is 0 Å². The van der Waals surface area contributed by atoms with Gasteiger partial charge in [-0.15, -0.1) is 0 Å². The monoisotopic (exact) mass is 344 g/mol. The highest BCUT2D eigenvalue weighted by Crippen LogP contribution is 2.36. The van der Waals surface area contributed by atoms with Crippen LogP contribution in [0.1, 0.15) is 25.3 Å². The number of benzene rings is 1. The Balaban J connectivity index is 1.98. The zero-order valence-corrected chi connectivity index (χ0v) is 13.9. The van der Waals surface area contributed by atoms with Gasteiger partial charge in [0.1, 0.15) is 5.75 Å². The third kappa shape index (κ3) is 4.63. The summed E-state index contributed by atoms with van der Waals surface area (Å²) in [6.07, 6.45) is -3.68. The highest BCUT2D eigenvalue weighted by Gasteiger charge is 2.35. The van der Waals surface area contributed by atoms with Gasteiger partial charge >= 0.3 is 6.18 Å². The molecule has 7 heteroatoms. The van der Waals surface area contributed by atoms with Gasteiger partial charge in [0.15, 0.2) is 6.10 Å². The minimum Gasteiger partial charge on any atom is -0.480 e. The van der Waals surface area contributed by atoms with Crippen LogP contribution in [-0.4, -0.2) is 43.6 Å². The molecule has 0 aliphatic carbocycles. The van der Waals surface area contributed by atoms with Crippen LogP contribution in [-0.2, 0) is 11.0 Å². The summed E-state index contributed by atoms with van der Waals surface area (Å²) < 4.78 is 44.3. The van der Waals surface area contributed by atoms with Gasteiger partial charge in [0.25, 0.3) is 5.91 Å². The standard InChI is InChI=1S/C17H23F3N2O2/c1-12(16(23)22-9-7-13(8-10-22)11-21-2)24-15-6-4-3-5-14(15)17(18,19)20/h3-6,12-13,21H,7-11H2,1-2H3. The van der Waals surface area contributed by atoms with E-state index in [9.17, 15) is 18.0 Å². The molecular formula is C17H23F3N2O2. The smallest absolute Gasteiger partial charge is 0.419 e. The number of hydrogen-bond donors (Lipinski definition) is 1. The molecule has 1 saturated heterocycles. The van der Waals surface area contributed by atoms with Gasteiger partial charge in [-0.05, 0) is 51.4 Å². The van der Waals surface area contributed by atoms with E-state index >= 15 is 0 Å². The highest BCUT2D eigenvalue weighted by atomic mass is 19.4. The molecule has 0 radical (unpaired) electrons. The van der Waals surface area contributed by atoms with Crippen molar-refractivity contribution in [1.82, 2.24) is 10.2 Å². The largest absolute Gasteiger partial charge is 0.480 e.